The number of hydrogen-bond acceptors (Lipinski definition) is 4. The van der Waals surface area contributed by atoms with Crippen molar-refractivity contribution in [3.05, 3.63) is 12.7 Å². The minimum absolute atomic E-state index is 0.163. The van der Waals surface area contributed by atoms with E-state index in [4.69, 9.17) is 14.2 Å². The molecule has 4 nitrogen and oxygen atoms in total. The molecule has 0 aromatic carbocycles. The molecular formula is C10H16O4. The van der Waals surface area contributed by atoms with Gasteiger partial charge in [-0.15, -0.1) is 0 Å². The van der Waals surface area contributed by atoms with Crippen LogP contribution in [-0.2, 0) is 19.0 Å². The van der Waals surface area contributed by atoms with Crippen molar-refractivity contribution in [3.63, 3.8) is 0 Å². The Bertz CT molecular complexity index is 226. The first-order valence-corrected chi connectivity index (χ1v) is 4.70. The summed E-state index contributed by atoms with van der Waals surface area (Å²) in [5, 5.41) is 0. The minimum Gasteiger partial charge on any atom is -0.460 e. The number of hydrogen-bond donors (Lipinski definition) is 0. The van der Waals surface area contributed by atoms with Gasteiger partial charge in [0.2, 0.25) is 0 Å². The number of ether oxygens (including phenoxy) is 3. The Kier molecular flexibility index (Phi) is 3.66. The average molecular weight is 200 g/mol. The Labute approximate surface area is 83.8 Å². The summed E-state index contributed by atoms with van der Waals surface area (Å²) in [6.45, 7) is 7.86. The van der Waals surface area contributed by atoms with Gasteiger partial charge < -0.3 is 14.2 Å². The van der Waals surface area contributed by atoms with Gasteiger partial charge in [-0.2, -0.15) is 0 Å². The summed E-state index contributed by atoms with van der Waals surface area (Å²) >= 11 is 0. The monoisotopic (exact) mass is 200 g/mol. The highest BCUT2D eigenvalue weighted by Crippen LogP contribution is 2.26. The van der Waals surface area contributed by atoms with Crippen LogP contribution in [0.4, 0.5) is 0 Å². The highest BCUT2D eigenvalue weighted by molar-refractivity contribution is 5.81. The molecule has 1 rings (SSSR count). The van der Waals surface area contributed by atoms with E-state index in [9.17, 15) is 4.79 Å². The van der Waals surface area contributed by atoms with Crippen LogP contribution in [-0.4, -0.2) is 31.1 Å². The molecule has 0 bridgehead atoms. The molecule has 0 radical (unpaired) electrons. The number of carbonyl (C=O) groups is 1. The van der Waals surface area contributed by atoms with Gasteiger partial charge >= 0.3 is 5.97 Å². The number of carbonyl (C=O) groups excluding carboxylic acids is 1. The van der Waals surface area contributed by atoms with Gasteiger partial charge in [-0.25, -0.2) is 4.79 Å². The molecule has 0 aromatic heterocycles. The molecule has 1 saturated heterocycles. The molecule has 1 aliphatic heterocycles. The third-order valence-electron chi connectivity index (χ3n) is 2.21. The lowest BCUT2D eigenvalue weighted by Gasteiger charge is -2.20. The van der Waals surface area contributed by atoms with Crippen molar-refractivity contribution in [2.75, 3.05) is 13.2 Å². The zero-order chi connectivity index (χ0) is 10.6. The largest absolute Gasteiger partial charge is 0.460 e. The molecule has 0 amide bonds. The maximum Gasteiger partial charge on any atom is 0.330 e. The Morgan fingerprint density at radius 2 is 2.50 bits per heavy atom. The van der Waals surface area contributed by atoms with E-state index in [-0.39, 0.29) is 12.7 Å². The predicted molar refractivity (Wildman–Crippen MR) is 50.7 cm³/mol. The lowest BCUT2D eigenvalue weighted by molar-refractivity contribution is -0.165. The van der Waals surface area contributed by atoms with Crippen LogP contribution >= 0.6 is 0 Å². The van der Waals surface area contributed by atoms with E-state index in [0.717, 1.165) is 12.5 Å². The second-order valence-corrected chi connectivity index (χ2v) is 3.37. The fourth-order valence-electron chi connectivity index (χ4n) is 1.19. The Balaban J connectivity index is 2.29. The van der Waals surface area contributed by atoms with Gasteiger partial charge in [-0.3, -0.25) is 0 Å². The maximum atomic E-state index is 10.8. The third kappa shape index (κ3) is 2.82. The quantitative estimate of drug-likeness (QED) is 0.506. The Morgan fingerprint density at radius 3 is 3.00 bits per heavy atom. The van der Waals surface area contributed by atoms with Crippen LogP contribution in [0, 0.1) is 0 Å². The van der Waals surface area contributed by atoms with E-state index >= 15 is 0 Å². The van der Waals surface area contributed by atoms with Crippen LogP contribution in [0.1, 0.15) is 20.3 Å². The first-order valence-electron chi connectivity index (χ1n) is 4.70. The van der Waals surface area contributed by atoms with Gasteiger partial charge in [0.1, 0.15) is 12.7 Å². The fraction of sp³-hybridized carbons (Fsp3) is 0.700. The highest BCUT2D eigenvalue weighted by Gasteiger charge is 2.35. The second kappa shape index (κ2) is 4.57. The molecule has 0 aliphatic carbocycles. The van der Waals surface area contributed by atoms with Crippen molar-refractivity contribution >= 4 is 5.97 Å². The molecule has 2 unspecified atom stereocenters. The summed E-state index contributed by atoms with van der Waals surface area (Å²) in [6, 6.07) is 0. The van der Waals surface area contributed by atoms with Gasteiger partial charge in [-0.1, -0.05) is 13.5 Å². The predicted octanol–water partition coefficient (Wildman–Crippen LogP) is 1.26. The number of esters is 1. The van der Waals surface area contributed by atoms with Crippen LogP contribution in [0.2, 0.25) is 0 Å². The van der Waals surface area contributed by atoms with Gasteiger partial charge in [0.05, 0.1) is 6.61 Å². The van der Waals surface area contributed by atoms with Crippen molar-refractivity contribution in [2.45, 2.75) is 32.2 Å². The fourth-order valence-corrected chi connectivity index (χ4v) is 1.19. The number of rotatable bonds is 4. The summed E-state index contributed by atoms with van der Waals surface area (Å²) in [6.07, 6.45) is 1.75. The van der Waals surface area contributed by atoms with Crippen LogP contribution in [0.3, 0.4) is 0 Å². The van der Waals surface area contributed by atoms with Crippen molar-refractivity contribution in [2.24, 2.45) is 0 Å². The first kappa shape index (κ1) is 11.2. The lowest BCUT2D eigenvalue weighted by atomic mass is 10.2. The molecule has 14 heavy (non-hydrogen) atoms. The summed E-state index contributed by atoms with van der Waals surface area (Å²) in [7, 11) is 0. The van der Waals surface area contributed by atoms with Crippen LogP contribution in [0.5, 0.6) is 0 Å². The van der Waals surface area contributed by atoms with E-state index in [1.165, 1.54) is 0 Å². The third-order valence-corrected chi connectivity index (χ3v) is 2.21. The van der Waals surface area contributed by atoms with Crippen molar-refractivity contribution in [1.29, 1.82) is 0 Å². The molecule has 0 saturated carbocycles. The SMILES string of the molecule is C=CC(=O)OCC1COC(C)(CC)O1. The van der Waals surface area contributed by atoms with Gasteiger partial charge in [0.25, 0.3) is 0 Å². The molecule has 1 aliphatic rings. The molecular weight excluding hydrogens is 184 g/mol. The average Bonchev–Trinajstić information content (AvgIpc) is 2.58. The van der Waals surface area contributed by atoms with E-state index in [2.05, 4.69) is 6.58 Å². The molecule has 4 heteroatoms. The molecule has 1 fully saturated rings. The van der Waals surface area contributed by atoms with E-state index in [1.54, 1.807) is 0 Å². The molecule has 0 spiro atoms. The molecule has 0 aromatic rings. The van der Waals surface area contributed by atoms with Crippen LogP contribution in [0.25, 0.3) is 0 Å². The maximum absolute atomic E-state index is 10.8. The molecule has 0 N–H and O–H groups in total. The van der Waals surface area contributed by atoms with Crippen LogP contribution < -0.4 is 0 Å². The van der Waals surface area contributed by atoms with Crippen molar-refractivity contribution in [1.82, 2.24) is 0 Å². The summed E-state index contributed by atoms with van der Waals surface area (Å²) in [5.74, 6) is -0.954. The first-order chi connectivity index (χ1) is 6.59. The smallest absolute Gasteiger partial charge is 0.330 e. The van der Waals surface area contributed by atoms with Gasteiger partial charge in [-0.05, 0) is 13.3 Å². The van der Waals surface area contributed by atoms with E-state index in [1.807, 2.05) is 13.8 Å². The zero-order valence-electron chi connectivity index (χ0n) is 8.62. The Morgan fingerprint density at radius 1 is 1.79 bits per heavy atom. The topological polar surface area (TPSA) is 44.8 Å². The van der Waals surface area contributed by atoms with Crippen LogP contribution in [0.15, 0.2) is 12.7 Å². The Hall–Kier alpha value is -0.870. The zero-order valence-corrected chi connectivity index (χ0v) is 8.62. The van der Waals surface area contributed by atoms with Crippen molar-refractivity contribution < 1.29 is 19.0 Å². The minimum atomic E-state index is -0.523. The van der Waals surface area contributed by atoms with Gasteiger partial charge in [0.15, 0.2) is 5.79 Å². The molecule has 80 valence electrons. The van der Waals surface area contributed by atoms with Crippen molar-refractivity contribution in [3.8, 4) is 0 Å². The molecule has 1 heterocycles. The molecule has 2 atom stereocenters. The normalized spacial score (nSPS) is 31.4. The van der Waals surface area contributed by atoms with Gasteiger partial charge in [0, 0.05) is 6.08 Å². The highest BCUT2D eigenvalue weighted by atomic mass is 16.7. The lowest BCUT2D eigenvalue weighted by Crippen LogP contribution is -2.27. The van der Waals surface area contributed by atoms with E-state index in [0.29, 0.717) is 6.61 Å². The standard InChI is InChI=1S/C10H16O4/c1-4-9(11)12-6-8-7-13-10(3,5-2)14-8/h4,8H,1,5-7H2,2-3H3. The summed E-state index contributed by atoms with van der Waals surface area (Å²) in [4.78, 5) is 10.8. The summed E-state index contributed by atoms with van der Waals surface area (Å²) < 4.78 is 15.8. The second-order valence-electron chi connectivity index (χ2n) is 3.37. The van der Waals surface area contributed by atoms with E-state index < -0.39 is 11.8 Å². The summed E-state index contributed by atoms with van der Waals surface area (Å²) in [5.41, 5.74) is 0.